The van der Waals surface area contributed by atoms with Crippen molar-refractivity contribution in [1.82, 2.24) is 19.9 Å². The molecule has 116 valence electrons. The maximum absolute atomic E-state index is 12.7. The number of carboxylic acids is 1. The Bertz CT molecular complexity index is 718. The van der Waals surface area contributed by atoms with E-state index in [1.165, 1.54) is 17.6 Å². The zero-order chi connectivity index (χ0) is 15.9. The molecule has 1 amide bonds. The molecule has 0 spiro atoms. The predicted octanol–water partition coefficient (Wildman–Crippen LogP) is 1.17. The number of fused-ring (bicyclic) bond motifs is 1. The van der Waals surface area contributed by atoms with E-state index in [0.717, 1.165) is 5.69 Å². The van der Waals surface area contributed by atoms with Gasteiger partial charge in [-0.2, -0.15) is 0 Å². The molecule has 0 saturated carbocycles. The summed E-state index contributed by atoms with van der Waals surface area (Å²) in [5.41, 5.74) is 1.60. The van der Waals surface area contributed by atoms with Crippen LogP contribution >= 0.6 is 0 Å². The minimum absolute atomic E-state index is 0.0164. The third kappa shape index (κ3) is 2.26. The summed E-state index contributed by atoms with van der Waals surface area (Å²) in [6.07, 6.45) is 2.89. The number of carbonyl (C=O) groups is 2. The van der Waals surface area contributed by atoms with E-state index in [4.69, 9.17) is 4.42 Å². The van der Waals surface area contributed by atoms with Gasteiger partial charge in [-0.15, -0.1) is 0 Å². The maximum atomic E-state index is 12.7. The Morgan fingerprint density at radius 3 is 2.91 bits per heavy atom. The van der Waals surface area contributed by atoms with E-state index >= 15 is 0 Å². The summed E-state index contributed by atoms with van der Waals surface area (Å²) in [7, 11) is 0. The number of hydrogen-bond donors (Lipinski definition) is 2. The Morgan fingerprint density at radius 1 is 1.45 bits per heavy atom. The smallest absolute Gasteiger partial charge is 0.326 e. The third-order valence-electron chi connectivity index (χ3n) is 3.77. The molecule has 8 nitrogen and oxygen atoms in total. The lowest BCUT2D eigenvalue weighted by Gasteiger charge is -2.32. The second kappa shape index (κ2) is 5.28. The molecule has 0 fully saturated rings. The summed E-state index contributed by atoms with van der Waals surface area (Å²) in [5, 5.41) is 9.42. The number of H-pyrrole nitrogens is 1. The molecular formula is C14H16N4O4. The molecule has 3 heterocycles. The van der Waals surface area contributed by atoms with Gasteiger partial charge in [0.1, 0.15) is 11.8 Å². The average molecular weight is 304 g/mol. The Hall–Kier alpha value is -2.64. The first-order valence-corrected chi connectivity index (χ1v) is 6.97. The topological polar surface area (TPSA) is 112 Å². The summed E-state index contributed by atoms with van der Waals surface area (Å²) < 4.78 is 5.26. The van der Waals surface area contributed by atoms with Gasteiger partial charge in [0.15, 0.2) is 12.1 Å². The number of amides is 1. The van der Waals surface area contributed by atoms with Crippen molar-refractivity contribution in [3.63, 3.8) is 0 Å². The Balaban J connectivity index is 1.96. The number of hydrogen-bond acceptors (Lipinski definition) is 5. The summed E-state index contributed by atoms with van der Waals surface area (Å²) in [6.45, 7) is 3.93. The number of nitrogens with zero attached hydrogens (tertiary/aromatic N) is 3. The molecule has 1 aliphatic rings. The second-order valence-corrected chi connectivity index (χ2v) is 5.54. The predicted molar refractivity (Wildman–Crippen MR) is 74.2 cm³/mol. The first-order valence-electron chi connectivity index (χ1n) is 6.97. The van der Waals surface area contributed by atoms with Gasteiger partial charge < -0.3 is 19.4 Å². The first-order chi connectivity index (χ1) is 10.5. The highest BCUT2D eigenvalue weighted by atomic mass is 16.4. The van der Waals surface area contributed by atoms with Crippen LogP contribution in [0, 0.1) is 0 Å². The molecule has 2 N–H and O–H groups in total. The largest absolute Gasteiger partial charge is 0.480 e. The number of rotatable bonds is 3. The van der Waals surface area contributed by atoms with Crippen molar-refractivity contribution in [1.29, 1.82) is 0 Å². The number of aromatic nitrogens is 3. The van der Waals surface area contributed by atoms with Crippen LogP contribution in [0.1, 0.15) is 47.4 Å². The zero-order valence-electron chi connectivity index (χ0n) is 12.2. The number of aromatic amines is 1. The van der Waals surface area contributed by atoms with Crippen molar-refractivity contribution < 1.29 is 19.1 Å². The van der Waals surface area contributed by atoms with Gasteiger partial charge in [0.05, 0.1) is 24.3 Å². The fourth-order valence-electron chi connectivity index (χ4n) is 2.63. The lowest BCUT2D eigenvalue weighted by atomic mass is 10.0. The zero-order valence-corrected chi connectivity index (χ0v) is 12.2. The van der Waals surface area contributed by atoms with E-state index in [9.17, 15) is 14.7 Å². The van der Waals surface area contributed by atoms with Crippen molar-refractivity contribution in [3.8, 4) is 0 Å². The van der Waals surface area contributed by atoms with Crippen molar-refractivity contribution >= 4 is 11.9 Å². The van der Waals surface area contributed by atoms with Crippen LogP contribution in [0.2, 0.25) is 0 Å². The highest BCUT2D eigenvalue weighted by molar-refractivity contribution is 5.96. The van der Waals surface area contributed by atoms with Crippen LogP contribution in [0.3, 0.4) is 0 Å². The Kier molecular flexibility index (Phi) is 3.44. The number of imidazole rings is 1. The Morgan fingerprint density at radius 2 is 2.23 bits per heavy atom. The van der Waals surface area contributed by atoms with Crippen LogP contribution in [0.15, 0.2) is 17.1 Å². The molecule has 0 aromatic carbocycles. The van der Waals surface area contributed by atoms with Gasteiger partial charge in [0.2, 0.25) is 0 Å². The normalized spacial score (nSPS) is 17.6. The SMILES string of the molecule is CC(C)c1ocnc1C(=O)N1Cc2[nH]cnc2C[C@H]1C(=O)O. The van der Waals surface area contributed by atoms with Gasteiger partial charge in [-0.25, -0.2) is 14.8 Å². The molecule has 0 bridgehead atoms. The van der Waals surface area contributed by atoms with Gasteiger partial charge in [-0.05, 0) is 0 Å². The van der Waals surface area contributed by atoms with Crippen LogP contribution in [0.25, 0.3) is 0 Å². The van der Waals surface area contributed by atoms with E-state index in [1.54, 1.807) is 0 Å². The summed E-state index contributed by atoms with van der Waals surface area (Å²) in [5.74, 6) is -1.05. The van der Waals surface area contributed by atoms with E-state index < -0.39 is 17.9 Å². The molecular weight excluding hydrogens is 288 g/mol. The lowest BCUT2D eigenvalue weighted by Crippen LogP contribution is -2.49. The van der Waals surface area contributed by atoms with E-state index in [-0.39, 0.29) is 24.6 Å². The molecule has 0 unspecified atom stereocenters. The fraction of sp³-hybridized carbons (Fsp3) is 0.429. The van der Waals surface area contributed by atoms with Gasteiger partial charge >= 0.3 is 5.97 Å². The van der Waals surface area contributed by atoms with Gasteiger partial charge in [0, 0.05) is 12.3 Å². The molecule has 0 aliphatic carbocycles. The molecule has 0 saturated heterocycles. The van der Waals surface area contributed by atoms with Crippen LogP contribution in [0.4, 0.5) is 0 Å². The van der Waals surface area contributed by atoms with Crippen LogP contribution in [-0.2, 0) is 17.8 Å². The summed E-state index contributed by atoms with van der Waals surface area (Å²) in [4.78, 5) is 36.6. The minimum atomic E-state index is -1.06. The molecule has 2 aromatic heterocycles. The van der Waals surface area contributed by atoms with E-state index in [2.05, 4.69) is 15.0 Å². The van der Waals surface area contributed by atoms with Crippen molar-refractivity contribution in [3.05, 3.63) is 35.6 Å². The molecule has 2 aromatic rings. The minimum Gasteiger partial charge on any atom is -0.480 e. The summed E-state index contributed by atoms with van der Waals surface area (Å²) in [6, 6.07) is -0.958. The fourth-order valence-corrected chi connectivity index (χ4v) is 2.63. The first kappa shape index (κ1) is 14.3. The standard InChI is InChI=1S/C14H16N4O4/c1-7(2)12-11(17-6-22-12)13(19)18-4-9-8(15-5-16-9)3-10(18)14(20)21/h5-7,10H,3-4H2,1-2H3,(H,15,16)(H,20,21)/t10-/m0/s1. The van der Waals surface area contributed by atoms with Crippen molar-refractivity contribution in [2.24, 2.45) is 0 Å². The second-order valence-electron chi connectivity index (χ2n) is 5.54. The number of aliphatic carboxylic acids is 1. The average Bonchev–Trinajstić information content (AvgIpc) is 3.13. The van der Waals surface area contributed by atoms with E-state index in [1.807, 2.05) is 13.8 Å². The Labute approximate surface area is 126 Å². The highest BCUT2D eigenvalue weighted by Gasteiger charge is 2.38. The monoisotopic (exact) mass is 304 g/mol. The third-order valence-corrected chi connectivity index (χ3v) is 3.77. The number of carbonyl (C=O) groups excluding carboxylic acids is 1. The highest BCUT2D eigenvalue weighted by Crippen LogP contribution is 2.25. The molecule has 8 heteroatoms. The number of oxazole rings is 1. The summed E-state index contributed by atoms with van der Waals surface area (Å²) >= 11 is 0. The molecule has 0 radical (unpaired) electrons. The maximum Gasteiger partial charge on any atom is 0.326 e. The lowest BCUT2D eigenvalue weighted by molar-refractivity contribution is -0.142. The van der Waals surface area contributed by atoms with Crippen molar-refractivity contribution in [2.45, 2.75) is 38.8 Å². The molecule has 3 rings (SSSR count). The van der Waals surface area contributed by atoms with Gasteiger partial charge in [-0.1, -0.05) is 13.8 Å². The molecule has 1 atom stereocenters. The van der Waals surface area contributed by atoms with Gasteiger partial charge in [0.25, 0.3) is 5.91 Å². The molecule has 1 aliphatic heterocycles. The quantitative estimate of drug-likeness (QED) is 0.880. The van der Waals surface area contributed by atoms with Crippen LogP contribution in [0.5, 0.6) is 0 Å². The number of carboxylic acid groups (broad SMARTS) is 1. The van der Waals surface area contributed by atoms with Crippen molar-refractivity contribution in [2.75, 3.05) is 0 Å². The molecule has 22 heavy (non-hydrogen) atoms. The van der Waals surface area contributed by atoms with Gasteiger partial charge in [-0.3, -0.25) is 4.79 Å². The van der Waals surface area contributed by atoms with Crippen LogP contribution in [-0.4, -0.2) is 42.9 Å². The van der Waals surface area contributed by atoms with Crippen LogP contribution < -0.4 is 0 Å². The van der Waals surface area contributed by atoms with E-state index in [0.29, 0.717) is 11.5 Å². The number of nitrogens with one attached hydrogen (secondary N) is 1.